The lowest BCUT2D eigenvalue weighted by molar-refractivity contribution is 1.43. The second-order valence-corrected chi connectivity index (χ2v) is 2.56. The van der Waals surface area contributed by atoms with E-state index in [-0.39, 0.29) is 0 Å². The van der Waals surface area contributed by atoms with Gasteiger partial charge in [-0.1, -0.05) is 22.5 Å². The maximum atomic E-state index is 5.19. The molecule has 0 aromatic carbocycles. The van der Waals surface area contributed by atoms with E-state index < -0.39 is 0 Å². The van der Waals surface area contributed by atoms with Gasteiger partial charge < -0.3 is 5.73 Å². The molecule has 0 saturated carbocycles. The zero-order valence-corrected chi connectivity index (χ0v) is 5.83. The van der Waals surface area contributed by atoms with Crippen molar-refractivity contribution in [2.24, 2.45) is 5.73 Å². The van der Waals surface area contributed by atoms with Crippen molar-refractivity contribution >= 4 is 15.9 Å². The minimum absolute atomic E-state index is 0.578. The van der Waals surface area contributed by atoms with Gasteiger partial charge in [-0.25, -0.2) is 0 Å². The second-order valence-electron chi connectivity index (χ2n) is 1.31. The third-order valence-electron chi connectivity index (χ3n) is 0.384. The van der Waals surface area contributed by atoms with Crippen LogP contribution in [-0.4, -0.2) is 0 Å². The molecule has 0 aromatic rings. The van der Waals surface area contributed by atoms with E-state index in [0.717, 1.165) is 4.48 Å². The van der Waals surface area contributed by atoms with Crippen LogP contribution < -0.4 is 5.73 Å². The van der Waals surface area contributed by atoms with Crippen LogP contribution in [0.15, 0.2) is 22.8 Å². The number of rotatable bonds is 1. The molecule has 0 bridgehead atoms. The Labute approximate surface area is 52.0 Å². The summed E-state index contributed by atoms with van der Waals surface area (Å²) < 4.78 is 1.00. The molecule has 0 aromatic heterocycles. The predicted octanol–water partition coefficient (Wildman–Crippen LogP) is 1.76. The molecule has 2 heteroatoms. The molecule has 0 rings (SSSR count). The summed E-state index contributed by atoms with van der Waals surface area (Å²) in [5, 5.41) is 0. The lowest BCUT2D eigenvalue weighted by Gasteiger charge is -1.84. The van der Waals surface area contributed by atoms with Crippen LogP contribution >= 0.6 is 15.9 Å². The summed E-state index contributed by atoms with van der Waals surface area (Å²) in [7, 11) is 0. The van der Waals surface area contributed by atoms with Crippen molar-refractivity contribution in [3.8, 4) is 0 Å². The molecule has 7 heavy (non-hydrogen) atoms. The van der Waals surface area contributed by atoms with E-state index >= 15 is 0 Å². The van der Waals surface area contributed by atoms with Gasteiger partial charge in [0.15, 0.2) is 0 Å². The standard InChI is InChI=1S/C5H8BrN/c1-4(6)3-5(2)7/h3H,2,7H2,1H3/b4-3+. The molecule has 0 atom stereocenters. The maximum absolute atomic E-state index is 5.19. The fourth-order valence-corrected chi connectivity index (χ4v) is 0.550. The van der Waals surface area contributed by atoms with Gasteiger partial charge in [-0.15, -0.1) is 0 Å². The van der Waals surface area contributed by atoms with E-state index in [0.29, 0.717) is 5.70 Å². The maximum Gasteiger partial charge on any atom is 0.0248 e. The normalized spacial score (nSPS) is 11.4. The first-order valence-corrected chi connectivity index (χ1v) is 2.70. The molecule has 0 unspecified atom stereocenters. The molecule has 2 N–H and O–H groups in total. The minimum Gasteiger partial charge on any atom is -0.399 e. The zero-order valence-electron chi connectivity index (χ0n) is 4.24. The van der Waals surface area contributed by atoms with Crippen LogP contribution in [0.2, 0.25) is 0 Å². The molecule has 1 nitrogen and oxygen atoms in total. The summed E-state index contributed by atoms with van der Waals surface area (Å²) in [6, 6.07) is 0. The Morgan fingerprint density at radius 3 is 2.29 bits per heavy atom. The van der Waals surface area contributed by atoms with Gasteiger partial charge in [0.2, 0.25) is 0 Å². The van der Waals surface area contributed by atoms with E-state index in [1.165, 1.54) is 0 Å². The highest BCUT2D eigenvalue weighted by Gasteiger charge is 1.76. The Morgan fingerprint density at radius 2 is 2.29 bits per heavy atom. The largest absolute Gasteiger partial charge is 0.399 e. The second kappa shape index (κ2) is 2.86. The Kier molecular flexibility index (Phi) is 2.76. The van der Waals surface area contributed by atoms with Crippen LogP contribution in [0.4, 0.5) is 0 Å². The van der Waals surface area contributed by atoms with Crippen molar-refractivity contribution in [2.75, 3.05) is 0 Å². The molecule has 0 saturated heterocycles. The van der Waals surface area contributed by atoms with Gasteiger partial charge in [0.25, 0.3) is 0 Å². The summed E-state index contributed by atoms with van der Waals surface area (Å²) in [4.78, 5) is 0. The molecule has 40 valence electrons. The summed E-state index contributed by atoms with van der Waals surface area (Å²) in [5.41, 5.74) is 5.77. The van der Waals surface area contributed by atoms with Gasteiger partial charge in [0.05, 0.1) is 0 Å². The first kappa shape index (κ1) is 6.76. The van der Waals surface area contributed by atoms with Crippen molar-refractivity contribution < 1.29 is 0 Å². The Bertz CT molecular complexity index is 101. The van der Waals surface area contributed by atoms with E-state index in [4.69, 9.17) is 5.73 Å². The fourth-order valence-electron chi connectivity index (χ4n) is 0.255. The van der Waals surface area contributed by atoms with Gasteiger partial charge in [-0.2, -0.15) is 0 Å². The number of allylic oxidation sites excluding steroid dienone is 2. The van der Waals surface area contributed by atoms with E-state index in [2.05, 4.69) is 22.5 Å². The summed E-state index contributed by atoms with van der Waals surface area (Å²) in [6.07, 6.45) is 1.75. The predicted molar refractivity (Wildman–Crippen MR) is 36.0 cm³/mol. The number of hydrogen-bond donors (Lipinski definition) is 1. The summed E-state index contributed by atoms with van der Waals surface area (Å²) in [5.74, 6) is 0. The van der Waals surface area contributed by atoms with E-state index in [9.17, 15) is 0 Å². The molecule has 0 aliphatic rings. The highest BCUT2D eigenvalue weighted by Crippen LogP contribution is 2.02. The van der Waals surface area contributed by atoms with Crippen LogP contribution in [0.3, 0.4) is 0 Å². The van der Waals surface area contributed by atoms with Crippen LogP contribution in [0, 0.1) is 0 Å². The minimum atomic E-state index is 0.578. The first-order chi connectivity index (χ1) is 3.13. The van der Waals surface area contributed by atoms with Crippen molar-refractivity contribution in [1.29, 1.82) is 0 Å². The van der Waals surface area contributed by atoms with E-state index in [1.807, 2.05) is 6.92 Å². The number of halogens is 1. The molecule has 0 heterocycles. The van der Waals surface area contributed by atoms with Crippen LogP contribution in [0.5, 0.6) is 0 Å². The lowest BCUT2D eigenvalue weighted by Crippen LogP contribution is -1.88. The van der Waals surface area contributed by atoms with Crippen LogP contribution in [0.1, 0.15) is 6.92 Å². The Hall–Kier alpha value is -0.240. The third kappa shape index (κ3) is 5.76. The monoisotopic (exact) mass is 161 g/mol. The quantitative estimate of drug-likeness (QED) is 0.584. The number of nitrogens with two attached hydrogens (primary N) is 1. The summed E-state index contributed by atoms with van der Waals surface area (Å²) >= 11 is 3.20. The van der Waals surface area contributed by atoms with Gasteiger partial charge in [0.1, 0.15) is 0 Å². The van der Waals surface area contributed by atoms with Gasteiger partial charge >= 0.3 is 0 Å². The molecule has 0 spiro atoms. The average Bonchev–Trinajstić information content (AvgIpc) is 1.27. The van der Waals surface area contributed by atoms with Crippen molar-refractivity contribution in [2.45, 2.75) is 6.92 Å². The average molecular weight is 162 g/mol. The molecule has 0 fully saturated rings. The zero-order chi connectivity index (χ0) is 5.86. The Balaban J connectivity index is 3.68. The fraction of sp³-hybridized carbons (Fsp3) is 0.200. The molecular weight excluding hydrogens is 154 g/mol. The third-order valence-corrected chi connectivity index (χ3v) is 0.613. The smallest absolute Gasteiger partial charge is 0.0248 e. The van der Waals surface area contributed by atoms with Crippen molar-refractivity contribution in [3.63, 3.8) is 0 Å². The van der Waals surface area contributed by atoms with Crippen molar-refractivity contribution in [1.82, 2.24) is 0 Å². The first-order valence-electron chi connectivity index (χ1n) is 1.91. The molecule has 0 aliphatic heterocycles. The topological polar surface area (TPSA) is 26.0 Å². The highest BCUT2D eigenvalue weighted by atomic mass is 79.9. The van der Waals surface area contributed by atoms with Gasteiger partial charge in [0, 0.05) is 5.70 Å². The molecular formula is C5H8BrN. The molecule has 0 radical (unpaired) electrons. The van der Waals surface area contributed by atoms with Gasteiger partial charge in [-0.3, -0.25) is 0 Å². The van der Waals surface area contributed by atoms with E-state index in [1.54, 1.807) is 6.08 Å². The van der Waals surface area contributed by atoms with Crippen molar-refractivity contribution in [3.05, 3.63) is 22.8 Å². The number of hydrogen-bond acceptors (Lipinski definition) is 1. The summed E-state index contributed by atoms with van der Waals surface area (Å²) in [6.45, 7) is 5.37. The SMILES string of the molecule is C=C(N)/C=C(\C)Br. The lowest BCUT2D eigenvalue weighted by atomic mass is 10.4. The molecule has 0 amide bonds. The highest BCUT2D eigenvalue weighted by molar-refractivity contribution is 9.11. The van der Waals surface area contributed by atoms with Crippen LogP contribution in [-0.2, 0) is 0 Å². The van der Waals surface area contributed by atoms with Crippen LogP contribution in [0.25, 0.3) is 0 Å². The molecule has 0 aliphatic carbocycles. The van der Waals surface area contributed by atoms with Gasteiger partial charge in [-0.05, 0) is 17.5 Å². The Morgan fingerprint density at radius 1 is 1.86 bits per heavy atom.